The molecule has 0 bridgehead atoms. The van der Waals surface area contributed by atoms with Crippen molar-refractivity contribution in [2.24, 2.45) is 5.92 Å². The van der Waals surface area contributed by atoms with Crippen LogP contribution in [0.5, 0.6) is 0 Å². The molecule has 0 unspecified atom stereocenters. The van der Waals surface area contributed by atoms with Crippen LogP contribution in [0.3, 0.4) is 0 Å². The number of carbonyl (C=O) groups is 1. The number of nitrogens with zero attached hydrogens (tertiary/aromatic N) is 2. The summed E-state index contributed by atoms with van der Waals surface area (Å²) in [6.45, 7) is 5.94. The fraction of sp³-hybridized carbons (Fsp3) is 0.571. The molecule has 1 aliphatic carbocycles. The van der Waals surface area contributed by atoms with E-state index in [0.29, 0.717) is 5.69 Å². The summed E-state index contributed by atoms with van der Waals surface area (Å²) in [4.78, 5) is 17.8. The van der Waals surface area contributed by atoms with Crippen LogP contribution >= 0.6 is 0 Å². The second kappa shape index (κ2) is 5.30. The Kier molecular flexibility index (Phi) is 3.77. The van der Waals surface area contributed by atoms with E-state index >= 15 is 0 Å². The van der Waals surface area contributed by atoms with E-state index in [4.69, 9.17) is 0 Å². The van der Waals surface area contributed by atoms with Gasteiger partial charge in [-0.25, -0.2) is 0 Å². The molecule has 1 fully saturated rings. The van der Waals surface area contributed by atoms with Crippen LogP contribution in [0.15, 0.2) is 18.3 Å². The number of Topliss-reactive ketones (excluding diaryl/α,β-unsaturated/α-hetero) is 1. The van der Waals surface area contributed by atoms with Gasteiger partial charge in [0.2, 0.25) is 0 Å². The van der Waals surface area contributed by atoms with E-state index in [2.05, 4.69) is 16.8 Å². The molecule has 3 heteroatoms. The zero-order valence-electron chi connectivity index (χ0n) is 10.6. The lowest BCUT2D eigenvalue weighted by molar-refractivity contribution is 0.101. The van der Waals surface area contributed by atoms with Gasteiger partial charge in [0.1, 0.15) is 5.69 Å². The van der Waals surface area contributed by atoms with Crippen LogP contribution in [-0.2, 0) is 0 Å². The minimum atomic E-state index is 0.0285. The molecular weight excluding hydrogens is 212 g/mol. The van der Waals surface area contributed by atoms with Gasteiger partial charge in [0.15, 0.2) is 5.78 Å². The van der Waals surface area contributed by atoms with Crippen molar-refractivity contribution in [1.82, 2.24) is 4.98 Å². The smallest absolute Gasteiger partial charge is 0.178 e. The van der Waals surface area contributed by atoms with Gasteiger partial charge in [-0.2, -0.15) is 0 Å². The average Bonchev–Trinajstić information content (AvgIpc) is 3.13. The maximum atomic E-state index is 11.2. The van der Waals surface area contributed by atoms with Crippen LogP contribution in [0, 0.1) is 5.92 Å². The molecule has 17 heavy (non-hydrogen) atoms. The molecule has 0 N–H and O–H groups in total. The van der Waals surface area contributed by atoms with E-state index in [9.17, 15) is 4.79 Å². The number of ketones is 1. The Morgan fingerprint density at radius 1 is 1.47 bits per heavy atom. The topological polar surface area (TPSA) is 33.2 Å². The van der Waals surface area contributed by atoms with E-state index in [1.807, 2.05) is 18.3 Å². The number of anilines is 1. The minimum absolute atomic E-state index is 0.0285. The van der Waals surface area contributed by atoms with Crippen molar-refractivity contribution >= 4 is 11.5 Å². The lowest BCUT2D eigenvalue weighted by Crippen LogP contribution is -2.26. The Morgan fingerprint density at radius 2 is 2.24 bits per heavy atom. The number of carbonyl (C=O) groups excluding carboxylic acids is 1. The van der Waals surface area contributed by atoms with Crippen LogP contribution in [0.2, 0.25) is 0 Å². The molecule has 92 valence electrons. The molecule has 1 aromatic rings. The molecule has 1 heterocycles. The van der Waals surface area contributed by atoms with Gasteiger partial charge in [0.25, 0.3) is 0 Å². The van der Waals surface area contributed by atoms with E-state index < -0.39 is 0 Å². The molecular formula is C14H20N2O. The van der Waals surface area contributed by atoms with Crippen LogP contribution in [0.1, 0.15) is 43.6 Å². The molecule has 0 spiro atoms. The van der Waals surface area contributed by atoms with Gasteiger partial charge < -0.3 is 4.90 Å². The van der Waals surface area contributed by atoms with Gasteiger partial charge in [-0.1, -0.05) is 6.92 Å². The van der Waals surface area contributed by atoms with Crippen molar-refractivity contribution in [3.05, 3.63) is 24.0 Å². The highest BCUT2D eigenvalue weighted by atomic mass is 16.1. The van der Waals surface area contributed by atoms with Gasteiger partial charge in [-0.15, -0.1) is 0 Å². The predicted octanol–water partition coefficient (Wildman–Crippen LogP) is 2.91. The SMILES string of the molecule is CCCN(CC1CC1)c1ccc(C(C)=O)nc1. The monoisotopic (exact) mass is 232 g/mol. The molecule has 1 aliphatic rings. The normalized spacial score (nSPS) is 14.7. The quantitative estimate of drug-likeness (QED) is 0.707. The second-order valence-corrected chi connectivity index (χ2v) is 4.85. The summed E-state index contributed by atoms with van der Waals surface area (Å²) in [5.74, 6) is 0.898. The summed E-state index contributed by atoms with van der Waals surface area (Å²) in [7, 11) is 0. The summed E-state index contributed by atoms with van der Waals surface area (Å²) in [6.07, 6.45) is 5.69. The zero-order valence-corrected chi connectivity index (χ0v) is 10.6. The van der Waals surface area contributed by atoms with Crippen molar-refractivity contribution < 1.29 is 4.79 Å². The first-order chi connectivity index (χ1) is 8.20. The van der Waals surface area contributed by atoms with Crippen molar-refractivity contribution in [3.8, 4) is 0 Å². The molecule has 1 saturated carbocycles. The predicted molar refractivity (Wildman–Crippen MR) is 69.5 cm³/mol. The van der Waals surface area contributed by atoms with E-state index in [0.717, 1.165) is 31.1 Å². The minimum Gasteiger partial charge on any atom is -0.370 e. The molecule has 3 nitrogen and oxygen atoms in total. The van der Waals surface area contributed by atoms with Crippen LogP contribution in [-0.4, -0.2) is 23.9 Å². The lowest BCUT2D eigenvalue weighted by Gasteiger charge is -2.23. The van der Waals surface area contributed by atoms with Gasteiger partial charge in [0.05, 0.1) is 11.9 Å². The Bertz CT molecular complexity index is 382. The number of aromatic nitrogens is 1. The zero-order chi connectivity index (χ0) is 12.3. The summed E-state index contributed by atoms with van der Waals surface area (Å²) >= 11 is 0. The first-order valence-corrected chi connectivity index (χ1v) is 6.42. The number of hydrogen-bond donors (Lipinski definition) is 0. The Hall–Kier alpha value is -1.38. The van der Waals surface area contributed by atoms with Crippen molar-refractivity contribution in [3.63, 3.8) is 0 Å². The van der Waals surface area contributed by atoms with Crippen LogP contribution < -0.4 is 4.90 Å². The van der Waals surface area contributed by atoms with Gasteiger partial charge >= 0.3 is 0 Å². The Labute approximate surface area is 103 Å². The molecule has 0 radical (unpaired) electrons. The number of hydrogen-bond acceptors (Lipinski definition) is 3. The van der Waals surface area contributed by atoms with Crippen molar-refractivity contribution in [1.29, 1.82) is 0 Å². The van der Waals surface area contributed by atoms with E-state index in [1.165, 1.54) is 12.8 Å². The highest BCUT2D eigenvalue weighted by Gasteiger charge is 2.24. The summed E-state index contributed by atoms with van der Waals surface area (Å²) in [6, 6.07) is 3.84. The Balaban J connectivity index is 2.08. The number of pyridine rings is 1. The van der Waals surface area contributed by atoms with Gasteiger partial charge in [0, 0.05) is 20.0 Å². The average molecular weight is 232 g/mol. The maximum Gasteiger partial charge on any atom is 0.178 e. The standard InChI is InChI=1S/C14H20N2O/c1-3-8-16(10-12-4-5-12)13-6-7-14(11(2)17)15-9-13/h6-7,9,12H,3-5,8,10H2,1-2H3. The summed E-state index contributed by atoms with van der Waals surface area (Å²) < 4.78 is 0. The molecule has 0 aliphatic heterocycles. The maximum absolute atomic E-state index is 11.2. The third-order valence-electron chi connectivity index (χ3n) is 3.14. The third-order valence-corrected chi connectivity index (χ3v) is 3.14. The van der Waals surface area contributed by atoms with Gasteiger partial charge in [-0.05, 0) is 37.3 Å². The van der Waals surface area contributed by atoms with E-state index in [-0.39, 0.29) is 5.78 Å². The van der Waals surface area contributed by atoms with Crippen molar-refractivity contribution in [2.45, 2.75) is 33.1 Å². The molecule has 1 aromatic heterocycles. The number of rotatable bonds is 6. The van der Waals surface area contributed by atoms with Crippen molar-refractivity contribution in [2.75, 3.05) is 18.0 Å². The fourth-order valence-corrected chi connectivity index (χ4v) is 1.99. The molecule has 2 rings (SSSR count). The van der Waals surface area contributed by atoms with Crippen LogP contribution in [0.4, 0.5) is 5.69 Å². The lowest BCUT2D eigenvalue weighted by atomic mass is 10.2. The third kappa shape index (κ3) is 3.29. The highest BCUT2D eigenvalue weighted by Crippen LogP contribution is 2.31. The first kappa shape index (κ1) is 12.1. The van der Waals surface area contributed by atoms with Gasteiger partial charge in [-0.3, -0.25) is 9.78 Å². The first-order valence-electron chi connectivity index (χ1n) is 6.42. The molecule has 0 aromatic carbocycles. The second-order valence-electron chi connectivity index (χ2n) is 4.85. The Morgan fingerprint density at radius 3 is 2.71 bits per heavy atom. The largest absolute Gasteiger partial charge is 0.370 e. The molecule has 0 saturated heterocycles. The fourth-order valence-electron chi connectivity index (χ4n) is 1.99. The summed E-state index contributed by atoms with van der Waals surface area (Å²) in [5.41, 5.74) is 1.69. The van der Waals surface area contributed by atoms with Crippen LogP contribution in [0.25, 0.3) is 0 Å². The molecule has 0 atom stereocenters. The summed E-state index contributed by atoms with van der Waals surface area (Å²) in [5, 5.41) is 0. The molecule has 0 amide bonds. The van der Waals surface area contributed by atoms with E-state index in [1.54, 1.807) is 6.92 Å². The highest BCUT2D eigenvalue weighted by molar-refractivity contribution is 5.92.